The molecule has 0 atom stereocenters. The topological polar surface area (TPSA) is 0 Å². The molecule has 0 unspecified atom stereocenters. The minimum atomic E-state index is -2.07. The molecule has 0 spiro atoms. The Morgan fingerprint density at radius 2 is 1.65 bits per heavy atom. The molecule has 2 rings (SSSR count). The van der Waals surface area contributed by atoms with E-state index in [4.69, 9.17) is 0 Å². The summed E-state index contributed by atoms with van der Waals surface area (Å²) in [6, 6.07) is 13.2. The van der Waals surface area contributed by atoms with Crippen LogP contribution in [0.3, 0.4) is 0 Å². The molecule has 0 saturated carbocycles. The molecule has 0 bridgehead atoms. The standard InChI is InChI=1S/C12H9Si.3CH3.Sn/c13-9-8-11-6-3-5-10-4-1-2-7-12(10)11;;;;/h1-6H,13H3;3*1H3;. The summed E-state index contributed by atoms with van der Waals surface area (Å²) in [7, 11) is 0.943. The van der Waals surface area contributed by atoms with E-state index in [0.717, 1.165) is 10.2 Å². The monoisotopic (exact) mass is 346 g/mol. The maximum atomic E-state index is 3.31. The van der Waals surface area contributed by atoms with Crippen molar-refractivity contribution >= 4 is 43.0 Å². The van der Waals surface area contributed by atoms with E-state index >= 15 is 0 Å². The van der Waals surface area contributed by atoms with E-state index in [2.05, 4.69) is 62.7 Å². The molecule has 0 amide bonds. The number of hydrogen-bond acceptors (Lipinski definition) is 0. The summed E-state index contributed by atoms with van der Waals surface area (Å²) < 4.78 is 1.59. The first-order chi connectivity index (χ1) is 8.04. The second-order valence-electron chi connectivity index (χ2n) is 5.33. The summed E-state index contributed by atoms with van der Waals surface area (Å²) in [5.41, 5.74) is 4.39. The molecule has 0 radical (unpaired) electrons. The molecule has 0 aliphatic rings. The molecule has 86 valence electrons. The molecule has 2 aromatic carbocycles. The third-order valence-corrected chi connectivity index (χ3v) is 9.02. The van der Waals surface area contributed by atoms with E-state index < -0.39 is 18.4 Å². The van der Waals surface area contributed by atoms with E-state index in [0.29, 0.717) is 0 Å². The first-order valence-electron chi connectivity index (χ1n) is 5.99. The molecule has 0 aliphatic heterocycles. The van der Waals surface area contributed by atoms with Crippen molar-refractivity contribution in [1.82, 2.24) is 0 Å². The van der Waals surface area contributed by atoms with Crippen LogP contribution >= 0.6 is 0 Å². The van der Waals surface area contributed by atoms with Gasteiger partial charge in [0.1, 0.15) is 0 Å². The van der Waals surface area contributed by atoms with Gasteiger partial charge in [-0.3, -0.25) is 0 Å². The summed E-state index contributed by atoms with van der Waals surface area (Å²) in [5, 5.41) is 2.76. The Hall–Kier alpha value is -0.724. The van der Waals surface area contributed by atoms with E-state index in [1.165, 1.54) is 16.3 Å². The third-order valence-electron chi connectivity index (χ3n) is 2.97. The van der Waals surface area contributed by atoms with Gasteiger partial charge in [0.2, 0.25) is 0 Å². The molecular weight excluding hydrogens is 327 g/mol. The van der Waals surface area contributed by atoms with Crippen molar-refractivity contribution in [1.29, 1.82) is 0 Å². The first kappa shape index (κ1) is 12.7. The third kappa shape index (κ3) is 2.58. The molecule has 0 N–H and O–H groups in total. The SMILES string of the molecule is [CH3][Sn]([CH3])([CH3])[c]1cccc2cccc(C#C[SiH3])c12. The zero-order valence-electron chi connectivity index (χ0n) is 11.0. The second kappa shape index (κ2) is 4.87. The average Bonchev–Trinajstić information content (AvgIpc) is 2.28. The normalized spacial score (nSPS) is 11.2. The Kier molecular flexibility index (Phi) is 3.65. The maximum absolute atomic E-state index is 3.31. The van der Waals surface area contributed by atoms with Crippen molar-refractivity contribution in [2.24, 2.45) is 0 Å². The van der Waals surface area contributed by atoms with E-state index in [9.17, 15) is 0 Å². The van der Waals surface area contributed by atoms with Crippen LogP contribution in [0.25, 0.3) is 10.8 Å². The zero-order valence-corrected chi connectivity index (χ0v) is 15.8. The minimum absolute atomic E-state index is 0.943. The van der Waals surface area contributed by atoms with Crippen molar-refractivity contribution < 1.29 is 0 Å². The number of hydrogen-bond donors (Lipinski definition) is 0. The Balaban J connectivity index is 2.89. The van der Waals surface area contributed by atoms with Crippen LogP contribution in [-0.2, 0) is 0 Å². The summed E-state index contributed by atoms with van der Waals surface area (Å²) in [5.74, 6) is 3.31. The fraction of sp³-hybridized carbons (Fsp3) is 0.200. The molecule has 0 aliphatic carbocycles. The van der Waals surface area contributed by atoms with Crippen LogP contribution in [0.2, 0.25) is 14.8 Å². The molecule has 0 heterocycles. The van der Waals surface area contributed by atoms with Gasteiger partial charge < -0.3 is 0 Å². The van der Waals surface area contributed by atoms with Crippen molar-refractivity contribution in [2.45, 2.75) is 14.8 Å². The van der Waals surface area contributed by atoms with Gasteiger partial charge >= 0.3 is 111 Å². The average molecular weight is 345 g/mol. The van der Waals surface area contributed by atoms with Crippen LogP contribution < -0.4 is 3.58 Å². The fourth-order valence-corrected chi connectivity index (χ4v) is 7.11. The predicted octanol–water partition coefficient (Wildman–Crippen LogP) is 2.06. The van der Waals surface area contributed by atoms with E-state index in [-0.39, 0.29) is 0 Å². The van der Waals surface area contributed by atoms with Crippen LogP contribution in [0.5, 0.6) is 0 Å². The molecule has 2 aromatic rings. The predicted molar refractivity (Wildman–Crippen MR) is 83.7 cm³/mol. The Morgan fingerprint density at radius 3 is 2.24 bits per heavy atom. The van der Waals surface area contributed by atoms with Crippen molar-refractivity contribution in [3.63, 3.8) is 0 Å². The summed E-state index contributed by atoms with van der Waals surface area (Å²) >= 11 is -2.07. The van der Waals surface area contributed by atoms with Gasteiger partial charge in [-0.2, -0.15) is 0 Å². The molecule has 2 heteroatoms. The Morgan fingerprint density at radius 1 is 1.00 bits per heavy atom. The zero-order chi connectivity index (χ0) is 12.5. The Labute approximate surface area is 111 Å². The van der Waals surface area contributed by atoms with Gasteiger partial charge in [-0.15, -0.1) is 0 Å². The van der Waals surface area contributed by atoms with Crippen LogP contribution in [0.1, 0.15) is 5.56 Å². The number of rotatable bonds is 1. The molecule has 0 saturated heterocycles. The van der Waals surface area contributed by atoms with Gasteiger partial charge in [0.25, 0.3) is 0 Å². The van der Waals surface area contributed by atoms with E-state index in [1.54, 1.807) is 3.58 Å². The summed E-state index contributed by atoms with van der Waals surface area (Å²) in [6.45, 7) is 0. The Bertz CT molecular complexity index is 607. The summed E-state index contributed by atoms with van der Waals surface area (Å²) in [6.07, 6.45) is 0. The summed E-state index contributed by atoms with van der Waals surface area (Å²) in [4.78, 5) is 7.40. The van der Waals surface area contributed by atoms with Crippen molar-refractivity contribution in [3.8, 4) is 11.5 Å². The van der Waals surface area contributed by atoms with Gasteiger partial charge in [0, 0.05) is 0 Å². The van der Waals surface area contributed by atoms with Crippen molar-refractivity contribution in [3.05, 3.63) is 42.0 Å². The van der Waals surface area contributed by atoms with Crippen LogP contribution in [0, 0.1) is 11.5 Å². The van der Waals surface area contributed by atoms with Gasteiger partial charge in [0.15, 0.2) is 0 Å². The quantitative estimate of drug-likeness (QED) is 0.548. The number of fused-ring (bicyclic) bond motifs is 1. The molecule has 0 aromatic heterocycles. The molecule has 0 nitrogen and oxygen atoms in total. The molecule has 17 heavy (non-hydrogen) atoms. The van der Waals surface area contributed by atoms with Gasteiger partial charge in [-0.1, -0.05) is 0 Å². The van der Waals surface area contributed by atoms with Gasteiger partial charge in [-0.05, 0) is 0 Å². The number of benzene rings is 2. The molecular formula is C15H18SiSn. The fourth-order valence-electron chi connectivity index (χ4n) is 2.20. The van der Waals surface area contributed by atoms with Crippen LogP contribution in [0.4, 0.5) is 0 Å². The van der Waals surface area contributed by atoms with Gasteiger partial charge in [0.05, 0.1) is 0 Å². The van der Waals surface area contributed by atoms with E-state index in [1.807, 2.05) is 0 Å². The van der Waals surface area contributed by atoms with Crippen LogP contribution in [0.15, 0.2) is 36.4 Å². The van der Waals surface area contributed by atoms with Crippen molar-refractivity contribution in [2.75, 3.05) is 0 Å². The first-order valence-corrected chi connectivity index (χ1v) is 17.0. The van der Waals surface area contributed by atoms with Crippen LogP contribution in [-0.4, -0.2) is 28.6 Å². The second-order valence-corrected chi connectivity index (χ2v) is 20.2. The molecule has 0 fully saturated rings. The van der Waals surface area contributed by atoms with Gasteiger partial charge in [-0.25, -0.2) is 0 Å².